The van der Waals surface area contributed by atoms with Gasteiger partial charge in [0, 0.05) is 0 Å². The number of ether oxygens (including phenoxy) is 5. The molecule has 188 valence electrons. The summed E-state index contributed by atoms with van der Waals surface area (Å²) in [5, 5.41) is 0. The first kappa shape index (κ1) is 25.3. The fraction of sp³-hybridized carbons (Fsp3) is 0.133. The number of rotatable bonds is 12. The lowest BCUT2D eigenvalue weighted by Crippen LogP contribution is -2.14. The minimum Gasteiger partial charge on any atom is -0.490 e. The number of esters is 2. The molecule has 0 saturated heterocycles. The predicted octanol–water partition coefficient (Wildman–Crippen LogP) is 5.60. The van der Waals surface area contributed by atoms with Crippen LogP contribution in [0.2, 0.25) is 0 Å². The van der Waals surface area contributed by atoms with Gasteiger partial charge in [0.2, 0.25) is 0 Å². The van der Waals surface area contributed by atoms with Crippen LogP contribution in [-0.4, -0.2) is 38.4 Å². The second-order valence-electron chi connectivity index (χ2n) is 7.72. The van der Waals surface area contributed by atoms with Crippen molar-refractivity contribution in [2.45, 2.75) is 0 Å². The van der Waals surface area contributed by atoms with Gasteiger partial charge >= 0.3 is 11.9 Å². The van der Waals surface area contributed by atoms with Crippen molar-refractivity contribution < 1.29 is 33.3 Å². The maximum absolute atomic E-state index is 12.8. The largest absolute Gasteiger partial charge is 0.490 e. The van der Waals surface area contributed by atoms with Crippen LogP contribution in [0.1, 0.15) is 20.7 Å². The number of hydrogen-bond donors (Lipinski definition) is 0. The van der Waals surface area contributed by atoms with E-state index in [0.29, 0.717) is 23.7 Å². The normalized spacial score (nSPS) is 10.3. The molecule has 0 fully saturated rings. The lowest BCUT2D eigenvalue weighted by atomic mass is 10.2. The molecule has 4 aromatic carbocycles. The highest BCUT2D eigenvalue weighted by Crippen LogP contribution is 2.21. The van der Waals surface area contributed by atoms with Gasteiger partial charge in [0.15, 0.2) is 0 Å². The monoisotopic (exact) mass is 498 g/mol. The molecular formula is C30H26O7. The first-order valence-electron chi connectivity index (χ1n) is 11.8. The van der Waals surface area contributed by atoms with Gasteiger partial charge in [-0.1, -0.05) is 48.5 Å². The number of para-hydroxylation sites is 3. The van der Waals surface area contributed by atoms with Gasteiger partial charge in [-0.25, -0.2) is 9.59 Å². The zero-order valence-corrected chi connectivity index (χ0v) is 20.1. The Hall–Kier alpha value is -4.78. The Morgan fingerprint density at radius 2 is 1.03 bits per heavy atom. The lowest BCUT2D eigenvalue weighted by molar-refractivity contribution is 0.0450. The van der Waals surface area contributed by atoms with E-state index in [-0.39, 0.29) is 31.1 Å². The van der Waals surface area contributed by atoms with Crippen LogP contribution in [0.4, 0.5) is 0 Å². The van der Waals surface area contributed by atoms with Crippen LogP contribution in [0.5, 0.6) is 23.0 Å². The Labute approximate surface area is 215 Å². The van der Waals surface area contributed by atoms with Crippen LogP contribution < -0.4 is 18.9 Å². The van der Waals surface area contributed by atoms with Crippen molar-refractivity contribution >= 4 is 11.9 Å². The second-order valence-corrected chi connectivity index (χ2v) is 7.72. The topological polar surface area (TPSA) is 80.3 Å². The fourth-order valence-corrected chi connectivity index (χ4v) is 3.30. The minimum absolute atomic E-state index is 0.109. The van der Waals surface area contributed by atoms with Crippen LogP contribution in [0.3, 0.4) is 0 Å². The summed E-state index contributed by atoms with van der Waals surface area (Å²) in [4.78, 5) is 25.0. The van der Waals surface area contributed by atoms with E-state index in [1.807, 2.05) is 60.7 Å². The van der Waals surface area contributed by atoms with Gasteiger partial charge in [-0.2, -0.15) is 0 Å². The van der Waals surface area contributed by atoms with Gasteiger partial charge in [0.05, 0.1) is 5.56 Å². The molecule has 4 aromatic rings. The molecular weight excluding hydrogens is 472 g/mol. The van der Waals surface area contributed by atoms with E-state index in [2.05, 4.69) is 0 Å². The Morgan fingerprint density at radius 3 is 1.68 bits per heavy atom. The van der Waals surface area contributed by atoms with Crippen molar-refractivity contribution in [3.05, 3.63) is 120 Å². The molecule has 0 unspecified atom stereocenters. The van der Waals surface area contributed by atoms with Crippen LogP contribution in [0, 0.1) is 0 Å². The Kier molecular flexibility index (Phi) is 9.13. The maximum atomic E-state index is 12.8. The second kappa shape index (κ2) is 13.3. The SMILES string of the molecule is O=C(OCCOc1ccccc1)c1ccc(OC(=O)c2ccccc2OCCOc2ccccc2)cc1. The van der Waals surface area contributed by atoms with Gasteiger partial charge in [-0.15, -0.1) is 0 Å². The molecule has 0 heterocycles. The zero-order chi connectivity index (χ0) is 25.7. The van der Waals surface area contributed by atoms with Gasteiger partial charge < -0.3 is 23.7 Å². The molecule has 7 heteroatoms. The van der Waals surface area contributed by atoms with E-state index >= 15 is 0 Å². The molecule has 37 heavy (non-hydrogen) atoms. The number of benzene rings is 4. The first-order valence-corrected chi connectivity index (χ1v) is 11.8. The number of hydrogen-bond acceptors (Lipinski definition) is 7. The summed E-state index contributed by atoms with van der Waals surface area (Å²) in [6, 6.07) is 31.6. The summed E-state index contributed by atoms with van der Waals surface area (Å²) in [5.74, 6) is 1.06. The average Bonchev–Trinajstić information content (AvgIpc) is 2.95. The van der Waals surface area contributed by atoms with E-state index < -0.39 is 11.9 Å². The molecule has 0 aromatic heterocycles. The van der Waals surface area contributed by atoms with Crippen LogP contribution in [-0.2, 0) is 4.74 Å². The molecule has 0 aliphatic carbocycles. The molecule has 4 rings (SSSR count). The van der Waals surface area contributed by atoms with Crippen molar-refractivity contribution in [3.63, 3.8) is 0 Å². The highest BCUT2D eigenvalue weighted by Gasteiger charge is 2.15. The van der Waals surface area contributed by atoms with E-state index in [9.17, 15) is 9.59 Å². The van der Waals surface area contributed by atoms with Crippen LogP contribution >= 0.6 is 0 Å². The summed E-state index contributed by atoms with van der Waals surface area (Å²) in [6.07, 6.45) is 0. The van der Waals surface area contributed by atoms with E-state index in [1.54, 1.807) is 24.3 Å². The molecule has 0 spiro atoms. The third-order valence-corrected chi connectivity index (χ3v) is 5.09. The molecule has 0 bridgehead atoms. The maximum Gasteiger partial charge on any atom is 0.347 e. The van der Waals surface area contributed by atoms with E-state index in [0.717, 1.165) is 5.75 Å². The molecule has 0 amide bonds. The standard InChI is InChI=1S/C30H26O7/c31-29(36-22-20-34-25-11-5-2-6-12-25)23-15-17-26(18-16-23)37-30(32)27-13-7-8-14-28(27)35-21-19-33-24-9-3-1-4-10-24/h1-18H,19-22H2. The lowest BCUT2D eigenvalue weighted by Gasteiger charge is -2.12. The van der Waals surface area contributed by atoms with Gasteiger partial charge in [-0.3, -0.25) is 0 Å². The number of carbonyl (C=O) groups is 2. The zero-order valence-electron chi connectivity index (χ0n) is 20.1. The summed E-state index contributed by atoms with van der Waals surface area (Å²) in [7, 11) is 0. The quantitative estimate of drug-likeness (QED) is 0.143. The Balaban J connectivity index is 1.24. The van der Waals surface area contributed by atoms with Crippen molar-refractivity contribution in [2.75, 3.05) is 26.4 Å². The molecule has 0 aliphatic heterocycles. The van der Waals surface area contributed by atoms with Crippen LogP contribution in [0.15, 0.2) is 109 Å². The van der Waals surface area contributed by atoms with E-state index in [1.165, 1.54) is 24.3 Å². The Bertz CT molecular complexity index is 1270. The fourth-order valence-electron chi connectivity index (χ4n) is 3.30. The van der Waals surface area contributed by atoms with Gasteiger partial charge in [-0.05, 0) is 60.7 Å². The molecule has 0 N–H and O–H groups in total. The van der Waals surface area contributed by atoms with Gasteiger partial charge in [0.25, 0.3) is 0 Å². The van der Waals surface area contributed by atoms with E-state index in [4.69, 9.17) is 23.7 Å². The first-order chi connectivity index (χ1) is 18.2. The third kappa shape index (κ3) is 7.86. The average molecular weight is 499 g/mol. The molecule has 0 radical (unpaired) electrons. The summed E-state index contributed by atoms with van der Waals surface area (Å²) in [5.41, 5.74) is 0.616. The van der Waals surface area contributed by atoms with Crippen LogP contribution in [0.25, 0.3) is 0 Å². The predicted molar refractivity (Wildman–Crippen MR) is 137 cm³/mol. The summed E-state index contributed by atoms with van der Waals surface area (Å²) in [6.45, 7) is 0.929. The number of carbonyl (C=O) groups excluding carboxylic acids is 2. The summed E-state index contributed by atoms with van der Waals surface area (Å²) >= 11 is 0. The molecule has 7 nitrogen and oxygen atoms in total. The Morgan fingerprint density at radius 1 is 0.486 bits per heavy atom. The van der Waals surface area contributed by atoms with Crippen molar-refractivity contribution in [2.24, 2.45) is 0 Å². The third-order valence-electron chi connectivity index (χ3n) is 5.09. The summed E-state index contributed by atoms with van der Waals surface area (Å²) < 4.78 is 27.6. The van der Waals surface area contributed by atoms with Crippen molar-refractivity contribution in [1.82, 2.24) is 0 Å². The molecule has 0 aliphatic rings. The smallest absolute Gasteiger partial charge is 0.347 e. The van der Waals surface area contributed by atoms with Crippen molar-refractivity contribution in [1.29, 1.82) is 0 Å². The van der Waals surface area contributed by atoms with Crippen molar-refractivity contribution in [3.8, 4) is 23.0 Å². The highest BCUT2D eigenvalue weighted by molar-refractivity contribution is 5.94. The molecule has 0 saturated carbocycles. The minimum atomic E-state index is -0.576. The van der Waals surface area contributed by atoms with Gasteiger partial charge in [0.1, 0.15) is 55.0 Å². The molecule has 0 atom stereocenters. The highest BCUT2D eigenvalue weighted by atomic mass is 16.6.